The topological polar surface area (TPSA) is 58.5 Å². The molecule has 0 bridgehead atoms. The molecule has 0 spiro atoms. The Bertz CT molecular complexity index is 512. The second kappa shape index (κ2) is 13.6. The van der Waals surface area contributed by atoms with Gasteiger partial charge in [0.25, 0.3) is 0 Å². The lowest BCUT2D eigenvalue weighted by Crippen LogP contribution is -2.37. The molecule has 0 saturated heterocycles. The minimum atomic E-state index is 0. The molecule has 0 amide bonds. The number of ether oxygens (including phenoxy) is 1. The van der Waals surface area contributed by atoms with Gasteiger partial charge >= 0.3 is 0 Å². The van der Waals surface area contributed by atoms with Gasteiger partial charge in [-0.1, -0.05) is 0 Å². The summed E-state index contributed by atoms with van der Waals surface area (Å²) in [6.07, 6.45) is 6.37. The van der Waals surface area contributed by atoms with Crippen LogP contribution in [0.1, 0.15) is 36.6 Å². The quantitative estimate of drug-likeness (QED) is 0.253. The third-order valence-electron chi connectivity index (χ3n) is 3.55. The lowest BCUT2D eigenvalue weighted by Gasteiger charge is -2.13. The SMILES string of the molecule is CCNC(=NCc1ncc(C)c(OC)c1C)NCCCCSC.I. The number of halogens is 1. The number of hydrogen-bond acceptors (Lipinski definition) is 4. The van der Waals surface area contributed by atoms with E-state index in [-0.39, 0.29) is 24.0 Å². The molecule has 0 aliphatic heterocycles. The number of rotatable bonds is 9. The van der Waals surface area contributed by atoms with Gasteiger partial charge in [0.2, 0.25) is 0 Å². The van der Waals surface area contributed by atoms with Crippen LogP contribution >= 0.6 is 35.7 Å². The molecule has 0 saturated carbocycles. The molecule has 0 radical (unpaired) electrons. The van der Waals surface area contributed by atoms with Gasteiger partial charge in [0, 0.05) is 30.4 Å². The molecular weight excluding hydrogens is 435 g/mol. The number of nitrogens with one attached hydrogen (secondary N) is 2. The number of aromatic nitrogens is 1. The smallest absolute Gasteiger partial charge is 0.191 e. The van der Waals surface area contributed by atoms with Crippen LogP contribution in [0.2, 0.25) is 0 Å². The zero-order chi connectivity index (χ0) is 17.1. The Balaban J connectivity index is 0.00000529. The highest BCUT2D eigenvalue weighted by atomic mass is 127. The van der Waals surface area contributed by atoms with Crippen molar-refractivity contribution in [2.75, 3.05) is 32.2 Å². The fourth-order valence-electron chi connectivity index (χ4n) is 2.30. The molecule has 0 atom stereocenters. The summed E-state index contributed by atoms with van der Waals surface area (Å²) in [6, 6.07) is 0. The van der Waals surface area contributed by atoms with E-state index in [1.165, 1.54) is 12.2 Å². The minimum Gasteiger partial charge on any atom is -0.496 e. The molecule has 1 aromatic rings. The van der Waals surface area contributed by atoms with E-state index in [0.29, 0.717) is 6.54 Å². The van der Waals surface area contributed by atoms with Crippen LogP contribution in [0.5, 0.6) is 5.75 Å². The van der Waals surface area contributed by atoms with Gasteiger partial charge in [0.15, 0.2) is 5.96 Å². The van der Waals surface area contributed by atoms with E-state index in [1.54, 1.807) is 7.11 Å². The molecule has 0 aliphatic carbocycles. The monoisotopic (exact) mass is 466 g/mol. The highest BCUT2D eigenvalue weighted by molar-refractivity contribution is 14.0. The molecule has 0 aromatic carbocycles. The summed E-state index contributed by atoms with van der Waals surface area (Å²) in [5, 5.41) is 6.66. The molecule has 24 heavy (non-hydrogen) atoms. The van der Waals surface area contributed by atoms with Gasteiger partial charge in [-0.3, -0.25) is 4.98 Å². The normalized spacial score (nSPS) is 11.0. The molecule has 5 nitrogen and oxygen atoms in total. The van der Waals surface area contributed by atoms with E-state index in [1.807, 2.05) is 31.8 Å². The molecule has 7 heteroatoms. The molecule has 0 unspecified atom stereocenters. The van der Waals surface area contributed by atoms with Crippen molar-refractivity contribution in [1.29, 1.82) is 0 Å². The predicted octanol–water partition coefficient (Wildman–Crippen LogP) is 3.52. The molecule has 0 fully saturated rings. The molecule has 2 N–H and O–H groups in total. The van der Waals surface area contributed by atoms with Gasteiger partial charge in [0.1, 0.15) is 5.75 Å². The standard InChI is InChI=1S/C17H30N4OS.HI/c1-6-18-17(19-9-7-8-10-23-5)21-12-15-14(3)16(22-4)13(2)11-20-15;/h11H,6-10,12H2,1-5H3,(H2,18,19,21);1H. The largest absolute Gasteiger partial charge is 0.496 e. The number of aliphatic imine (C=N–C) groups is 1. The molecule has 138 valence electrons. The van der Waals surface area contributed by atoms with Crippen LogP contribution in [0.25, 0.3) is 0 Å². The van der Waals surface area contributed by atoms with Gasteiger partial charge < -0.3 is 15.4 Å². The number of thioether (sulfide) groups is 1. The fraction of sp³-hybridized carbons (Fsp3) is 0.647. The van der Waals surface area contributed by atoms with Crippen molar-refractivity contribution < 1.29 is 4.74 Å². The summed E-state index contributed by atoms with van der Waals surface area (Å²) in [7, 11) is 1.70. The van der Waals surface area contributed by atoms with E-state index in [9.17, 15) is 0 Å². The summed E-state index contributed by atoms with van der Waals surface area (Å²) in [5.74, 6) is 2.96. The third-order valence-corrected chi connectivity index (χ3v) is 4.25. The lowest BCUT2D eigenvalue weighted by atomic mass is 10.1. The van der Waals surface area contributed by atoms with E-state index < -0.39 is 0 Å². The third kappa shape index (κ3) is 7.92. The first kappa shape index (κ1) is 23.3. The van der Waals surface area contributed by atoms with Crippen LogP contribution in [-0.2, 0) is 6.54 Å². The van der Waals surface area contributed by atoms with Gasteiger partial charge in [-0.25, -0.2) is 4.99 Å². The van der Waals surface area contributed by atoms with Crippen molar-refractivity contribution >= 4 is 41.7 Å². The molecule has 1 aromatic heterocycles. The van der Waals surface area contributed by atoms with Gasteiger partial charge in [-0.2, -0.15) is 11.8 Å². The van der Waals surface area contributed by atoms with Gasteiger partial charge in [-0.05, 0) is 45.6 Å². The number of aryl methyl sites for hydroxylation is 1. The van der Waals surface area contributed by atoms with Crippen LogP contribution in [0.15, 0.2) is 11.2 Å². The second-order valence-corrected chi connectivity index (χ2v) is 6.35. The van der Waals surface area contributed by atoms with Crippen LogP contribution in [0.4, 0.5) is 0 Å². The first-order chi connectivity index (χ1) is 11.1. The van der Waals surface area contributed by atoms with Crippen molar-refractivity contribution in [3.05, 3.63) is 23.0 Å². The Morgan fingerprint density at radius 1 is 1.29 bits per heavy atom. The van der Waals surface area contributed by atoms with Gasteiger partial charge in [-0.15, -0.1) is 24.0 Å². The van der Waals surface area contributed by atoms with Crippen molar-refractivity contribution in [2.24, 2.45) is 4.99 Å². The van der Waals surface area contributed by atoms with Crippen molar-refractivity contribution in [3.63, 3.8) is 0 Å². The second-order valence-electron chi connectivity index (χ2n) is 5.37. The van der Waals surface area contributed by atoms with E-state index in [2.05, 4.69) is 33.8 Å². The Kier molecular flexibility index (Phi) is 13.2. The maximum absolute atomic E-state index is 5.45. The fourth-order valence-corrected chi connectivity index (χ4v) is 2.80. The van der Waals surface area contributed by atoms with Crippen LogP contribution in [0, 0.1) is 13.8 Å². The lowest BCUT2D eigenvalue weighted by molar-refractivity contribution is 0.407. The summed E-state index contributed by atoms with van der Waals surface area (Å²) in [4.78, 5) is 9.13. The Morgan fingerprint density at radius 2 is 2.04 bits per heavy atom. The number of nitrogens with zero attached hydrogens (tertiary/aromatic N) is 2. The van der Waals surface area contributed by atoms with Crippen molar-refractivity contribution in [3.8, 4) is 5.75 Å². The molecule has 1 heterocycles. The maximum Gasteiger partial charge on any atom is 0.191 e. The molecule has 0 aliphatic rings. The molecular formula is C17H31IN4OS. The Morgan fingerprint density at radius 3 is 2.67 bits per heavy atom. The maximum atomic E-state index is 5.45. The number of methoxy groups -OCH3 is 1. The minimum absolute atomic E-state index is 0. The van der Waals surface area contributed by atoms with E-state index >= 15 is 0 Å². The Hall–Kier alpha value is -0.700. The Labute approximate surface area is 167 Å². The van der Waals surface area contributed by atoms with Crippen LogP contribution < -0.4 is 15.4 Å². The van der Waals surface area contributed by atoms with E-state index in [4.69, 9.17) is 4.74 Å². The number of unbranched alkanes of at least 4 members (excludes halogenated alkanes) is 1. The predicted molar refractivity (Wildman–Crippen MR) is 116 cm³/mol. The highest BCUT2D eigenvalue weighted by Gasteiger charge is 2.09. The summed E-state index contributed by atoms with van der Waals surface area (Å²) in [6.45, 7) is 8.45. The number of hydrogen-bond donors (Lipinski definition) is 2. The van der Waals surface area contributed by atoms with E-state index in [0.717, 1.165) is 48.0 Å². The van der Waals surface area contributed by atoms with Crippen LogP contribution in [0.3, 0.4) is 0 Å². The molecule has 1 rings (SSSR count). The number of pyridine rings is 1. The van der Waals surface area contributed by atoms with Crippen molar-refractivity contribution in [1.82, 2.24) is 15.6 Å². The first-order valence-electron chi connectivity index (χ1n) is 8.14. The highest BCUT2D eigenvalue weighted by Crippen LogP contribution is 2.24. The average Bonchev–Trinajstić information content (AvgIpc) is 2.54. The average molecular weight is 466 g/mol. The van der Waals surface area contributed by atoms with Crippen LogP contribution in [-0.4, -0.2) is 43.2 Å². The number of guanidine groups is 1. The summed E-state index contributed by atoms with van der Waals surface area (Å²) in [5.41, 5.74) is 3.07. The first-order valence-corrected chi connectivity index (χ1v) is 9.53. The summed E-state index contributed by atoms with van der Waals surface area (Å²) >= 11 is 1.89. The van der Waals surface area contributed by atoms with Gasteiger partial charge in [0.05, 0.1) is 19.3 Å². The summed E-state index contributed by atoms with van der Waals surface area (Å²) < 4.78 is 5.45. The van der Waals surface area contributed by atoms with Crippen molar-refractivity contribution in [2.45, 2.75) is 40.2 Å². The zero-order valence-corrected chi connectivity index (χ0v) is 18.6. The zero-order valence-electron chi connectivity index (χ0n) is 15.4.